The highest BCUT2D eigenvalue weighted by Gasteiger charge is 2.21. The summed E-state index contributed by atoms with van der Waals surface area (Å²) in [5.74, 6) is -6.02. The Kier molecular flexibility index (Phi) is 6.81. The third-order valence-corrected chi connectivity index (χ3v) is 4.14. The standard InChI is InChI=1S/C21H17F3N4O3/c1-2-31-21(30)15(20(29)14-9-17(23)18(24)10-16(14)22)11-25-19-6-4-3-5-13(19)12-28-8-7-26-27-28/h3-11,29H,2,12H2,1H3. The van der Waals surface area contributed by atoms with Crippen molar-refractivity contribution in [3.05, 3.63) is 82.9 Å². The molecule has 0 aliphatic carbocycles. The number of aliphatic imine (C=N–C) groups is 1. The number of carbonyl (C=O) groups excluding carboxylic acids is 1. The zero-order valence-corrected chi connectivity index (χ0v) is 16.3. The number of nitrogens with zero attached hydrogens (tertiary/aromatic N) is 4. The number of benzene rings is 2. The van der Waals surface area contributed by atoms with Gasteiger partial charge in [0.15, 0.2) is 11.6 Å². The Balaban J connectivity index is 2.03. The monoisotopic (exact) mass is 430 g/mol. The number of rotatable bonds is 7. The first-order valence-corrected chi connectivity index (χ1v) is 9.12. The Morgan fingerprint density at radius 2 is 1.94 bits per heavy atom. The van der Waals surface area contributed by atoms with E-state index in [0.29, 0.717) is 23.9 Å². The molecule has 7 nitrogen and oxygen atoms in total. The average Bonchev–Trinajstić information content (AvgIpc) is 3.25. The van der Waals surface area contributed by atoms with Crippen LogP contribution in [0.3, 0.4) is 0 Å². The maximum atomic E-state index is 14.1. The number of halogens is 3. The number of esters is 1. The normalized spacial score (nSPS) is 12.1. The molecule has 31 heavy (non-hydrogen) atoms. The van der Waals surface area contributed by atoms with E-state index in [4.69, 9.17) is 4.74 Å². The summed E-state index contributed by atoms with van der Waals surface area (Å²) in [7, 11) is 0. The predicted octanol–water partition coefficient (Wildman–Crippen LogP) is 3.98. The molecule has 0 aliphatic heterocycles. The quantitative estimate of drug-likeness (QED) is 0.201. The van der Waals surface area contributed by atoms with Gasteiger partial charge in [-0.05, 0) is 24.6 Å². The molecular formula is C21H17F3N4O3. The molecule has 1 aromatic heterocycles. The summed E-state index contributed by atoms with van der Waals surface area (Å²) in [4.78, 5) is 16.6. The van der Waals surface area contributed by atoms with Crippen molar-refractivity contribution in [2.24, 2.45) is 4.99 Å². The van der Waals surface area contributed by atoms with Crippen LogP contribution in [0.2, 0.25) is 0 Å². The number of hydrogen-bond acceptors (Lipinski definition) is 6. The lowest BCUT2D eigenvalue weighted by Gasteiger charge is -2.09. The van der Waals surface area contributed by atoms with E-state index in [9.17, 15) is 23.1 Å². The van der Waals surface area contributed by atoms with Gasteiger partial charge in [-0.15, -0.1) is 5.10 Å². The molecule has 0 amide bonds. The molecule has 1 heterocycles. The summed E-state index contributed by atoms with van der Waals surface area (Å²) < 4.78 is 47.4. The zero-order chi connectivity index (χ0) is 22.4. The van der Waals surface area contributed by atoms with Crippen LogP contribution < -0.4 is 0 Å². The fraction of sp³-hybridized carbons (Fsp3) is 0.143. The topological polar surface area (TPSA) is 89.6 Å². The van der Waals surface area contributed by atoms with Crippen molar-refractivity contribution in [1.82, 2.24) is 15.0 Å². The van der Waals surface area contributed by atoms with Crippen molar-refractivity contribution in [3.63, 3.8) is 0 Å². The minimum atomic E-state index is -1.43. The summed E-state index contributed by atoms with van der Waals surface area (Å²) >= 11 is 0. The second-order valence-electron chi connectivity index (χ2n) is 6.22. The van der Waals surface area contributed by atoms with Crippen molar-refractivity contribution < 1.29 is 27.8 Å². The SMILES string of the molecule is CCOC(=O)C(C=Nc1ccccc1Cn1ccnn1)=C(O)c1cc(F)c(F)cc1F. The van der Waals surface area contributed by atoms with Crippen molar-refractivity contribution in [3.8, 4) is 0 Å². The van der Waals surface area contributed by atoms with E-state index in [1.165, 1.54) is 13.1 Å². The second kappa shape index (κ2) is 9.70. The number of aromatic nitrogens is 3. The van der Waals surface area contributed by atoms with E-state index < -0.39 is 40.3 Å². The fourth-order valence-electron chi connectivity index (χ4n) is 2.66. The van der Waals surface area contributed by atoms with Crippen LogP contribution in [0.5, 0.6) is 0 Å². The van der Waals surface area contributed by atoms with Gasteiger partial charge in [-0.2, -0.15) is 0 Å². The molecule has 0 saturated carbocycles. The minimum absolute atomic E-state index is 0.0351. The van der Waals surface area contributed by atoms with E-state index in [2.05, 4.69) is 15.3 Å². The summed E-state index contributed by atoms with van der Waals surface area (Å²) in [6, 6.07) is 7.64. The smallest absolute Gasteiger partial charge is 0.343 e. The van der Waals surface area contributed by atoms with Gasteiger partial charge in [-0.1, -0.05) is 23.4 Å². The Labute approximate surface area is 175 Å². The highest BCUT2D eigenvalue weighted by molar-refractivity contribution is 6.15. The third-order valence-electron chi connectivity index (χ3n) is 4.14. The van der Waals surface area contributed by atoms with E-state index in [1.807, 2.05) is 0 Å². The molecule has 0 unspecified atom stereocenters. The molecule has 0 radical (unpaired) electrons. The van der Waals surface area contributed by atoms with E-state index >= 15 is 0 Å². The number of aliphatic hydroxyl groups is 1. The van der Waals surface area contributed by atoms with Gasteiger partial charge in [0.2, 0.25) is 0 Å². The summed E-state index contributed by atoms with van der Waals surface area (Å²) in [6.07, 6.45) is 4.15. The first-order valence-electron chi connectivity index (χ1n) is 9.12. The van der Waals surface area contributed by atoms with Gasteiger partial charge < -0.3 is 9.84 Å². The van der Waals surface area contributed by atoms with Crippen LogP contribution in [0.4, 0.5) is 18.9 Å². The molecule has 2 aromatic carbocycles. The van der Waals surface area contributed by atoms with Gasteiger partial charge >= 0.3 is 5.97 Å². The highest BCUT2D eigenvalue weighted by atomic mass is 19.2. The van der Waals surface area contributed by atoms with Gasteiger partial charge in [0.1, 0.15) is 17.1 Å². The number of hydrogen-bond donors (Lipinski definition) is 1. The fourth-order valence-corrected chi connectivity index (χ4v) is 2.66. The lowest BCUT2D eigenvalue weighted by Crippen LogP contribution is -2.12. The summed E-state index contributed by atoms with van der Waals surface area (Å²) in [6.45, 7) is 1.83. The van der Waals surface area contributed by atoms with Crippen LogP contribution in [0.1, 0.15) is 18.1 Å². The van der Waals surface area contributed by atoms with E-state index in [1.54, 1.807) is 35.1 Å². The number of aliphatic hydroxyl groups excluding tert-OH is 1. The maximum absolute atomic E-state index is 14.1. The summed E-state index contributed by atoms with van der Waals surface area (Å²) in [5.41, 5.74) is -0.0871. The Morgan fingerprint density at radius 3 is 2.65 bits per heavy atom. The Bertz CT molecular complexity index is 1140. The third kappa shape index (κ3) is 5.16. The molecule has 0 aliphatic rings. The molecule has 3 aromatic rings. The first kappa shape index (κ1) is 21.8. The molecule has 0 fully saturated rings. The zero-order valence-electron chi connectivity index (χ0n) is 16.3. The lowest BCUT2D eigenvalue weighted by molar-refractivity contribution is -0.137. The van der Waals surface area contributed by atoms with Crippen LogP contribution in [0.15, 0.2) is 59.4 Å². The van der Waals surface area contributed by atoms with Crippen LogP contribution in [0.25, 0.3) is 5.76 Å². The highest BCUT2D eigenvalue weighted by Crippen LogP contribution is 2.24. The van der Waals surface area contributed by atoms with Gasteiger partial charge in [-0.25, -0.2) is 22.6 Å². The van der Waals surface area contributed by atoms with Gasteiger partial charge in [0, 0.05) is 18.5 Å². The van der Waals surface area contributed by atoms with E-state index in [-0.39, 0.29) is 12.7 Å². The molecule has 1 N–H and O–H groups in total. The van der Waals surface area contributed by atoms with Crippen LogP contribution in [0, 0.1) is 17.5 Å². The Morgan fingerprint density at radius 1 is 1.19 bits per heavy atom. The van der Waals surface area contributed by atoms with E-state index in [0.717, 1.165) is 6.21 Å². The van der Waals surface area contributed by atoms with Crippen molar-refractivity contribution in [1.29, 1.82) is 0 Å². The minimum Gasteiger partial charge on any atom is -0.506 e. The molecule has 160 valence electrons. The summed E-state index contributed by atoms with van der Waals surface area (Å²) in [5, 5.41) is 18.1. The van der Waals surface area contributed by atoms with Crippen LogP contribution in [-0.4, -0.2) is 38.9 Å². The van der Waals surface area contributed by atoms with Gasteiger partial charge in [-0.3, -0.25) is 4.99 Å². The largest absolute Gasteiger partial charge is 0.506 e. The lowest BCUT2D eigenvalue weighted by atomic mass is 10.1. The average molecular weight is 430 g/mol. The molecule has 0 saturated heterocycles. The van der Waals surface area contributed by atoms with Gasteiger partial charge in [0.25, 0.3) is 0 Å². The molecule has 10 heteroatoms. The number of para-hydroxylation sites is 1. The first-order chi connectivity index (χ1) is 14.9. The number of ether oxygens (including phenoxy) is 1. The van der Waals surface area contributed by atoms with Gasteiger partial charge in [0.05, 0.1) is 30.6 Å². The van der Waals surface area contributed by atoms with Crippen LogP contribution >= 0.6 is 0 Å². The molecule has 0 bridgehead atoms. The molecule has 0 spiro atoms. The maximum Gasteiger partial charge on any atom is 0.343 e. The molecule has 0 atom stereocenters. The predicted molar refractivity (Wildman–Crippen MR) is 106 cm³/mol. The number of carbonyl (C=O) groups is 1. The van der Waals surface area contributed by atoms with Crippen LogP contribution in [-0.2, 0) is 16.1 Å². The Hall–Kier alpha value is -3.95. The van der Waals surface area contributed by atoms with Crippen molar-refractivity contribution in [2.45, 2.75) is 13.5 Å². The van der Waals surface area contributed by atoms with Crippen molar-refractivity contribution in [2.75, 3.05) is 6.61 Å². The molecule has 3 rings (SSSR count). The second-order valence-corrected chi connectivity index (χ2v) is 6.22. The molecular weight excluding hydrogens is 413 g/mol. The van der Waals surface area contributed by atoms with Crippen molar-refractivity contribution >= 4 is 23.6 Å².